The number of benzene rings is 4. The second-order valence-corrected chi connectivity index (χ2v) is 9.31. The van der Waals surface area contributed by atoms with E-state index < -0.39 is 29.9 Å². The Labute approximate surface area is 223 Å². The van der Waals surface area contributed by atoms with Crippen LogP contribution in [0.5, 0.6) is 0 Å². The average molecular weight is 507 g/mol. The lowest BCUT2D eigenvalue weighted by molar-refractivity contribution is -0.145. The van der Waals surface area contributed by atoms with E-state index in [2.05, 4.69) is 0 Å². The second-order valence-electron chi connectivity index (χ2n) is 9.31. The lowest BCUT2D eigenvalue weighted by Gasteiger charge is -2.25. The van der Waals surface area contributed by atoms with Gasteiger partial charge in [0.1, 0.15) is 12.2 Å². The van der Waals surface area contributed by atoms with Gasteiger partial charge in [-0.2, -0.15) is 0 Å². The highest BCUT2D eigenvalue weighted by Crippen LogP contribution is 2.33. The molecule has 0 aliphatic heterocycles. The Hall–Kier alpha value is -4.51. The van der Waals surface area contributed by atoms with Crippen molar-refractivity contribution in [3.8, 4) is 0 Å². The molecule has 0 aromatic heterocycles. The Balaban J connectivity index is 1.64. The third-order valence-corrected chi connectivity index (χ3v) is 6.37. The average Bonchev–Trinajstić information content (AvgIpc) is 2.93. The predicted molar refractivity (Wildman–Crippen MR) is 146 cm³/mol. The van der Waals surface area contributed by atoms with Crippen molar-refractivity contribution in [3.63, 3.8) is 0 Å². The Bertz CT molecular complexity index is 1390. The van der Waals surface area contributed by atoms with Crippen molar-refractivity contribution in [2.75, 3.05) is 0 Å². The van der Waals surface area contributed by atoms with Crippen molar-refractivity contribution in [1.82, 2.24) is 0 Å². The zero-order valence-electron chi connectivity index (χ0n) is 21.7. The van der Waals surface area contributed by atoms with Crippen molar-refractivity contribution in [3.05, 3.63) is 142 Å². The molecule has 0 saturated heterocycles. The fraction of sp³-hybridized carbons (Fsp3) is 0.182. The smallest absolute Gasteiger partial charge is 0.380 e. The first-order valence-electron chi connectivity index (χ1n) is 12.5. The first-order valence-corrected chi connectivity index (χ1v) is 12.5. The van der Waals surface area contributed by atoms with Crippen LogP contribution in [0.2, 0.25) is 0 Å². The molecule has 0 amide bonds. The number of ketones is 1. The molecule has 0 saturated carbocycles. The fourth-order valence-electron chi connectivity index (χ4n) is 4.63. The summed E-state index contributed by atoms with van der Waals surface area (Å²) in [5.41, 5.74) is 4.68. The van der Waals surface area contributed by atoms with Crippen LogP contribution >= 0.6 is 0 Å². The molecule has 4 aromatic rings. The highest BCUT2D eigenvalue weighted by atomic mass is 16.6. The van der Waals surface area contributed by atoms with Crippen LogP contribution in [-0.2, 0) is 14.3 Å². The second kappa shape index (κ2) is 12.2. The maximum atomic E-state index is 13.2. The number of hydrogen-bond donors (Lipinski definition) is 0. The van der Waals surface area contributed by atoms with Crippen LogP contribution in [-0.4, -0.2) is 17.7 Å². The zero-order chi connectivity index (χ0) is 27.1. The molecule has 0 N–H and O–H groups in total. The van der Waals surface area contributed by atoms with Crippen molar-refractivity contribution >= 4 is 17.7 Å². The van der Waals surface area contributed by atoms with Gasteiger partial charge in [0.15, 0.2) is 0 Å². The van der Waals surface area contributed by atoms with Gasteiger partial charge in [0.2, 0.25) is 0 Å². The van der Waals surface area contributed by atoms with E-state index in [9.17, 15) is 14.4 Å². The molecule has 0 aliphatic rings. The van der Waals surface area contributed by atoms with Crippen molar-refractivity contribution in [2.24, 2.45) is 0 Å². The lowest BCUT2D eigenvalue weighted by Crippen LogP contribution is -2.24. The number of aryl methyl sites for hydroxylation is 3. The molecule has 0 aliphatic carbocycles. The largest absolute Gasteiger partial charge is 0.454 e. The van der Waals surface area contributed by atoms with Gasteiger partial charge in [-0.05, 0) is 55.2 Å². The Morgan fingerprint density at radius 1 is 0.632 bits per heavy atom. The van der Waals surface area contributed by atoms with Crippen LogP contribution in [0.15, 0.2) is 103 Å². The number of ether oxygens (including phenoxy) is 2. The number of hydrogen-bond acceptors (Lipinski definition) is 5. The standard InChI is InChI=1S/C33H30O5/c1-22-19-23(2)30(24(3)20-22)31(34)33(36)38-29(26-15-9-5-10-16-26)21-28(25-13-7-4-8-14-25)37-32(35)27-17-11-6-12-18-27/h4-20,28-29H,21H2,1-3H3. The van der Waals surface area contributed by atoms with Gasteiger partial charge in [-0.25, -0.2) is 9.59 Å². The summed E-state index contributed by atoms with van der Waals surface area (Å²) < 4.78 is 11.8. The quantitative estimate of drug-likeness (QED) is 0.138. The Morgan fingerprint density at radius 3 is 1.58 bits per heavy atom. The molecule has 2 unspecified atom stereocenters. The molecule has 38 heavy (non-hydrogen) atoms. The summed E-state index contributed by atoms with van der Waals surface area (Å²) in [6.07, 6.45) is -1.41. The van der Waals surface area contributed by atoms with Crippen LogP contribution < -0.4 is 0 Å². The molecule has 4 rings (SSSR count). The summed E-state index contributed by atoms with van der Waals surface area (Å²) in [6, 6.07) is 30.9. The molecular weight excluding hydrogens is 476 g/mol. The molecule has 0 radical (unpaired) electrons. The topological polar surface area (TPSA) is 69.7 Å². The van der Waals surface area contributed by atoms with Crippen LogP contribution in [0, 0.1) is 20.8 Å². The first-order chi connectivity index (χ1) is 18.3. The minimum atomic E-state index is -0.949. The number of rotatable bonds is 9. The van der Waals surface area contributed by atoms with Gasteiger partial charge in [0, 0.05) is 12.0 Å². The predicted octanol–water partition coefficient (Wildman–Crippen LogP) is 7.07. The molecule has 4 aromatic carbocycles. The van der Waals surface area contributed by atoms with Crippen LogP contribution in [0.1, 0.15) is 67.2 Å². The summed E-state index contributed by atoms with van der Waals surface area (Å²) in [5.74, 6) is -2.13. The fourth-order valence-corrected chi connectivity index (χ4v) is 4.63. The van der Waals surface area contributed by atoms with Crippen LogP contribution in [0.25, 0.3) is 0 Å². The summed E-state index contributed by atoms with van der Waals surface area (Å²) in [6.45, 7) is 5.56. The number of carbonyl (C=O) groups excluding carboxylic acids is 3. The van der Waals surface area contributed by atoms with Crippen LogP contribution in [0.4, 0.5) is 0 Å². The normalized spacial score (nSPS) is 12.3. The van der Waals surface area contributed by atoms with Gasteiger partial charge in [0.05, 0.1) is 5.56 Å². The van der Waals surface area contributed by atoms with Gasteiger partial charge in [-0.15, -0.1) is 0 Å². The maximum absolute atomic E-state index is 13.2. The Kier molecular flexibility index (Phi) is 8.49. The maximum Gasteiger partial charge on any atom is 0.380 e. The third-order valence-electron chi connectivity index (χ3n) is 6.37. The molecule has 0 heterocycles. The van der Waals surface area contributed by atoms with Gasteiger partial charge < -0.3 is 9.47 Å². The minimum absolute atomic E-state index is 0.136. The summed E-state index contributed by atoms with van der Waals surface area (Å²) in [5, 5.41) is 0. The van der Waals surface area contributed by atoms with Gasteiger partial charge in [-0.1, -0.05) is 96.6 Å². The van der Waals surface area contributed by atoms with E-state index in [1.54, 1.807) is 24.3 Å². The van der Waals surface area contributed by atoms with E-state index in [0.29, 0.717) is 16.7 Å². The zero-order valence-corrected chi connectivity index (χ0v) is 21.7. The summed E-state index contributed by atoms with van der Waals surface area (Å²) in [7, 11) is 0. The highest BCUT2D eigenvalue weighted by Gasteiger charge is 2.30. The molecule has 2 atom stereocenters. The van der Waals surface area contributed by atoms with E-state index >= 15 is 0 Å². The van der Waals surface area contributed by atoms with Gasteiger partial charge in [0.25, 0.3) is 5.78 Å². The number of esters is 2. The number of Topliss-reactive ketones (excluding diaryl/α,β-unsaturated/α-hetero) is 1. The van der Waals surface area contributed by atoms with Crippen molar-refractivity contribution < 1.29 is 23.9 Å². The van der Waals surface area contributed by atoms with E-state index in [-0.39, 0.29) is 6.42 Å². The highest BCUT2D eigenvalue weighted by molar-refractivity contribution is 6.41. The summed E-state index contributed by atoms with van der Waals surface area (Å²) >= 11 is 0. The van der Waals surface area contributed by atoms with E-state index in [4.69, 9.17) is 9.47 Å². The lowest BCUT2D eigenvalue weighted by atomic mass is 9.96. The molecule has 192 valence electrons. The van der Waals surface area contributed by atoms with Crippen molar-refractivity contribution in [1.29, 1.82) is 0 Å². The van der Waals surface area contributed by atoms with E-state index in [1.165, 1.54) is 0 Å². The molecule has 0 fully saturated rings. The number of carbonyl (C=O) groups is 3. The van der Waals surface area contributed by atoms with Gasteiger partial charge >= 0.3 is 11.9 Å². The molecule has 5 heteroatoms. The molecule has 0 bridgehead atoms. The minimum Gasteiger partial charge on any atom is -0.454 e. The molecule has 5 nitrogen and oxygen atoms in total. The first kappa shape index (κ1) is 26.6. The van der Waals surface area contributed by atoms with E-state index in [1.807, 2.05) is 99.6 Å². The van der Waals surface area contributed by atoms with E-state index in [0.717, 1.165) is 22.3 Å². The van der Waals surface area contributed by atoms with Gasteiger partial charge in [-0.3, -0.25) is 4.79 Å². The van der Waals surface area contributed by atoms with Crippen molar-refractivity contribution in [2.45, 2.75) is 39.4 Å². The molecular formula is C33H30O5. The monoisotopic (exact) mass is 506 g/mol. The van der Waals surface area contributed by atoms with Crippen LogP contribution in [0.3, 0.4) is 0 Å². The third kappa shape index (κ3) is 6.43. The molecule has 0 spiro atoms. The Morgan fingerprint density at radius 2 is 1.08 bits per heavy atom. The SMILES string of the molecule is Cc1cc(C)c(C(=O)C(=O)OC(CC(OC(=O)c2ccccc2)c2ccccc2)c2ccccc2)c(C)c1. The summed E-state index contributed by atoms with van der Waals surface area (Å²) in [4.78, 5) is 39.4.